The minimum atomic E-state index is -3.25. The number of nitrogens with one attached hydrogen (secondary N) is 5. The summed E-state index contributed by atoms with van der Waals surface area (Å²) in [5.41, 5.74) is 4.98. The van der Waals surface area contributed by atoms with Crippen molar-refractivity contribution < 1.29 is 25.3 Å². The molecule has 0 bridgehead atoms. The van der Waals surface area contributed by atoms with Gasteiger partial charge in [0, 0.05) is 103 Å². The molecule has 0 aliphatic rings. The van der Waals surface area contributed by atoms with E-state index < -0.39 is 30.1 Å². The molecule has 0 amide bonds. The smallest absolute Gasteiger partial charge is 0.234 e. The van der Waals surface area contributed by atoms with Gasteiger partial charge in [-0.3, -0.25) is 18.6 Å². The summed E-state index contributed by atoms with van der Waals surface area (Å²) in [5.74, 6) is 0.336. The maximum Gasteiger partial charge on any atom is 0.234 e. The first kappa shape index (κ1) is 57.0. The molecule has 0 aliphatic heterocycles. The Balaban J connectivity index is 0.000000422. The predicted molar refractivity (Wildman–Crippen MR) is 261 cm³/mol. The molecule has 0 radical (unpaired) electrons. The van der Waals surface area contributed by atoms with E-state index in [0.717, 1.165) is 44.9 Å². The van der Waals surface area contributed by atoms with E-state index in [2.05, 4.69) is 79.3 Å². The van der Waals surface area contributed by atoms with Crippen molar-refractivity contribution in [2.45, 2.75) is 106 Å². The first-order valence-corrected chi connectivity index (χ1v) is 26.7. The van der Waals surface area contributed by atoms with Crippen molar-refractivity contribution >= 4 is 63.9 Å². The molecular weight excluding hydrogens is 887 g/mol. The highest BCUT2D eigenvalue weighted by Gasteiger charge is 2.16. The first-order chi connectivity index (χ1) is 29.0. The minimum absolute atomic E-state index is 0.336. The lowest BCUT2D eigenvalue weighted by molar-refractivity contribution is 0.581. The number of aromatic nitrogens is 5. The van der Waals surface area contributed by atoms with Crippen molar-refractivity contribution in [3.05, 3.63) is 71.0 Å². The van der Waals surface area contributed by atoms with Crippen LogP contribution in [0.3, 0.4) is 0 Å². The fraction of sp³-hybridized carbons (Fsp3) is 0.600. The summed E-state index contributed by atoms with van der Waals surface area (Å²) < 4.78 is 71.7. The number of aromatic amines is 1. The van der Waals surface area contributed by atoms with Crippen LogP contribution in [0.15, 0.2) is 48.4 Å². The Morgan fingerprint density at radius 2 is 1.10 bits per heavy atom. The summed E-state index contributed by atoms with van der Waals surface area (Å²) in [7, 11) is -1.16. The number of thiazole rings is 1. The van der Waals surface area contributed by atoms with Gasteiger partial charge in [0.15, 0.2) is 5.13 Å². The Bertz CT molecular complexity index is 2180. The Hall–Kier alpha value is -3.97. The normalized spacial score (nSPS) is 11.7. The third kappa shape index (κ3) is 23.5. The predicted octanol–water partition coefficient (Wildman–Crippen LogP) is 3.96. The number of pyridine rings is 2. The van der Waals surface area contributed by atoms with E-state index in [1.54, 1.807) is 48.3 Å². The fourth-order valence-electron chi connectivity index (χ4n) is 4.47. The number of hydrogen-bond acceptors (Lipinski definition) is 16. The zero-order chi connectivity index (χ0) is 48.3. The van der Waals surface area contributed by atoms with Crippen LogP contribution in [0.25, 0.3) is 0 Å². The number of rotatable bonds is 19. The quantitative estimate of drug-likeness (QED) is 0.0896. The second-order valence-corrected chi connectivity index (χ2v) is 23.0. The van der Waals surface area contributed by atoms with E-state index in [4.69, 9.17) is 0 Å². The summed E-state index contributed by atoms with van der Waals surface area (Å²) in [4.78, 5) is 21.7. The highest BCUT2D eigenvalue weighted by Crippen LogP contribution is 2.18. The molecule has 63 heavy (non-hydrogen) atoms. The van der Waals surface area contributed by atoms with Crippen LogP contribution in [-0.4, -0.2) is 128 Å². The molecule has 4 heterocycles. The lowest BCUT2D eigenvalue weighted by atomic mass is 10.2. The van der Waals surface area contributed by atoms with Gasteiger partial charge in [-0.2, -0.15) is 0 Å². The Morgan fingerprint density at radius 1 is 0.603 bits per heavy atom. The van der Waals surface area contributed by atoms with Crippen LogP contribution in [0.1, 0.15) is 78.0 Å². The van der Waals surface area contributed by atoms with Gasteiger partial charge in [0.05, 0.1) is 59.6 Å². The Morgan fingerprint density at radius 3 is 1.59 bits per heavy atom. The van der Waals surface area contributed by atoms with Crippen molar-refractivity contribution in [3.8, 4) is 0 Å². The summed E-state index contributed by atoms with van der Waals surface area (Å²) >= 11 is 1.68. The molecule has 23 heteroatoms. The zero-order valence-corrected chi connectivity index (χ0v) is 43.2. The van der Waals surface area contributed by atoms with Crippen LogP contribution in [0.2, 0.25) is 0 Å². The van der Waals surface area contributed by atoms with Crippen LogP contribution in [-0.2, 0) is 56.2 Å². The van der Waals surface area contributed by atoms with Crippen molar-refractivity contribution in [3.63, 3.8) is 0 Å². The maximum atomic E-state index is 11.4. The van der Waals surface area contributed by atoms with Gasteiger partial charge in [0.2, 0.25) is 36.0 Å². The fourth-order valence-corrected chi connectivity index (χ4v) is 6.62. The van der Waals surface area contributed by atoms with Crippen molar-refractivity contribution in [2.75, 3.05) is 71.8 Å². The van der Waals surface area contributed by atoms with Crippen molar-refractivity contribution in [1.82, 2.24) is 46.2 Å². The van der Waals surface area contributed by atoms with Gasteiger partial charge in [0.1, 0.15) is 0 Å². The summed E-state index contributed by atoms with van der Waals surface area (Å²) in [6.45, 7) is 19.4. The lowest BCUT2D eigenvalue weighted by Crippen LogP contribution is -2.26. The monoisotopic (exact) mass is 959 g/mol. The van der Waals surface area contributed by atoms with Crippen molar-refractivity contribution in [1.29, 1.82) is 0 Å². The van der Waals surface area contributed by atoms with Crippen LogP contribution in [0.4, 0.5) is 22.5 Å². The lowest BCUT2D eigenvalue weighted by Gasteiger charge is -2.17. The molecule has 0 saturated heterocycles. The van der Waals surface area contributed by atoms with Gasteiger partial charge in [-0.25, -0.2) is 39.5 Å². The molecule has 0 aromatic carbocycles. The molecule has 0 spiro atoms. The van der Waals surface area contributed by atoms with Crippen LogP contribution in [0.5, 0.6) is 0 Å². The number of hydrogen-bond donors (Lipinski definition) is 5. The number of H-pyrrole nitrogens is 1. The number of anilines is 4. The van der Waals surface area contributed by atoms with Gasteiger partial charge < -0.3 is 31.2 Å². The van der Waals surface area contributed by atoms with Crippen molar-refractivity contribution in [2.24, 2.45) is 0 Å². The van der Waals surface area contributed by atoms with E-state index >= 15 is 0 Å². The number of nitrogens with zero attached hydrogens (tertiary/aromatic N) is 8. The molecule has 19 nitrogen and oxygen atoms in total. The van der Waals surface area contributed by atoms with E-state index in [-0.39, 0.29) is 0 Å². The highest BCUT2D eigenvalue weighted by atomic mass is 32.2. The standard InChI is InChI=1S/2C11H19N3O2S.C9H18N4O2S.C9H17N3S/c1-9(2)13-7-10-5-11(8-12-6-10)14(3)17(4,15)16;1-9(2)13-8-10-7-11(5-6-12-10)14(3)17(4,15)16;1-7(2)10-5-8-6-11-9(12-8)13(3)16(4,14)15;1-7(2)10-5-8-6-13-9(11-8)12(3)4/h5-6,8-9,13H,7H2,1-4H3;5-7,9,13H,8H2,1-4H3;6-7,10H,5H2,1-4H3,(H,11,12);6-7,10H,5H2,1-4H3. The molecule has 4 rings (SSSR count). The molecule has 0 fully saturated rings. The number of sulfonamides is 3. The molecule has 0 saturated carbocycles. The topological polar surface area (TPSA) is 231 Å². The second kappa shape index (κ2) is 26.7. The van der Waals surface area contributed by atoms with Gasteiger partial charge in [-0.1, -0.05) is 55.4 Å². The summed E-state index contributed by atoms with van der Waals surface area (Å²) in [6, 6.07) is 6.92. The molecule has 5 N–H and O–H groups in total. The summed E-state index contributed by atoms with van der Waals surface area (Å²) in [5, 5.41) is 16.2. The van der Waals surface area contributed by atoms with E-state index in [1.807, 2.05) is 52.8 Å². The third-order valence-corrected chi connectivity index (χ3v) is 13.1. The van der Waals surface area contributed by atoms with Gasteiger partial charge >= 0.3 is 0 Å². The van der Waals surface area contributed by atoms with E-state index in [0.29, 0.717) is 61.1 Å². The van der Waals surface area contributed by atoms with Gasteiger partial charge in [-0.15, -0.1) is 11.3 Å². The largest absolute Gasteiger partial charge is 0.354 e. The van der Waals surface area contributed by atoms with E-state index in [9.17, 15) is 25.3 Å². The highest BCUT2D eigenvalue weighted by molar-refractivity contribution is 7.92. The molecular formula is C40H73N13O6S4. The van der Waals surface area contributed by atoms with Gasteiger partial charge in [-0.05, 0) is 23.8 Å². The third-order valence-electron chi connectivity index (χ3n) is 8.43. The van der Waals surface area contributed by atoms with Crippen LogP contribution >= 0.6 is 11.3 Å². The minimum Gasteiger partial charge on any atom is -0.354 e. The molecule has 0 atom stereocenters. The summed E-state index contributed by atoms with van der Waals surface area (Å²) in [6.07, 6.45) is 10.0. The first-order valence-electron chi connectivity index (χ1n) is 20.3. The second-order valence-electron chi connectivity index (χ2n) is 16.1. The maximum absolute atomic E-state index is 11.4. The Labute approximate surface area is 382 Å². The van der Waals surface area contributed by atoms with E-state index in [1.165, 1.54) is 42.3 Å². The van der Waals surface area contributed by atoms with Crippen LogP contribution < -0.4 is 39.1 Å². The zero-order valence-electron chi connectivity index (χ0n) is 39.9. The molecule has 0 aliphatic carbocycles. The van der Waals surface area contributed by atoms with Crippen LogP contribution in [0, 0.1) is 0 Å². The number of imidazole rings is 1. The molecule has 4 aromatic rings. The molecule has 4 aromatic heterocycles. The van der Waals surface area contributed by atoms with Gasteiger partial charge in [0.25, 0.3) is 0 Å². The average Bonchev–Trinajstić information content (AvgIpc) is 3.87. The SMILES string of the molecule is CC(C)NCc1cc(N(C)S(C)(=O)=O)ccn1.CC(C)NCc1cnc(N(C)S(C)(=O)=O)[nH]1.CC(C)NCc1cncc(N(C)S(C)(=O)=O)c1.CC(C)NCc1csc(N(C)C)n1. The Kier molecular flexibility index (Phi) is 24.2. The molecule has 0 unspecified atom stereocenters. The average molecular weight is 960 g/mol. The molecule has 358 valence electrons.